The van der Waals surface area contributed by atoms with Crippen LogP contribution < -0.4 is 5.32 Å². The number of aromatic nitrogens is 2. The zero-order valence-corrected chi connectivity index (χ0v) is 10.8. The van der Waals surface area contributed by atoms with E-state index in [1.54, 1.807) is 12.1 Å². The Morgan fingerprint density at radius 3 is 2.56 bits per heavy atom. The first-order chi connectivity index (χ1) is 8.60. The molecule has 0 aliphatic carbocycles. The van der Waals surface area contributed by atoms with Crippen LogP contribution >= 0.6 is 23.2 Å². The van der Waals surface area contributed by atoms with Gasteiger partial charge in [0, 0.05) is 6.54 Å². The first kappa shape index (κ1) is 13.3. The Morgan fingerprint density at radius 1 is 1.22 bits per heavy atom. The highest BCUT2D eigenvalue weighted by atomic mass is 35.5. The van der Waals surface area contributed by atoms with Crippen LogP contribution in [0.25, 0.3) is 11.0 Å². The summed E-state index contributed by atoms with van der Waals surface area (Å²) >= 11 is 11.8. The van der Waals surface area contributed by atoms with E-state index in [1.165, 1.54) is 6.20 Å². The minimum Gasteiger partial charge on any atom is -0.394 e. The van der Waals surface area contributed by atoms with Crippen LogP contribution in [0, 0.1) is 0 Å². The molecule has 0 aliphatic rings. The zero-order chi connectivity index (χ0) is 13.1. The fourth-order valence-corrected chi connectivity index (χ4v) is 1.70. The van der Waals surface area contributed by atoms with Gasteiger partial charge in [0.25, 0.3) is 0 Å². The van der Waals surface area contributed by atoms with Crippen molar-refractivity contribution in [3.63, 3.8) is 0 Å². The molecular weight excluding hydrogens is 277 g/mol. The van der Waals surface area contributed by atoms with Gasteiger partial charge in [-0.2, -0.15) is 0 Å². The second-order valence-electron chi connectivity index (χ2n) is 3.73. The van der Waals surface area contributed by atoms with Gasteiger partial charge in [0.05, 0.1) is 40.0 Å². The van der Waals surface area contributed by atoms with Crippen molar-refractivity contribution < 1.29 is 10.2 Å². The quantitative estimate of drug-likeness (QED) is 0.798. The Labute approximate surface area is 113 Å². The van der Waals surface area contributed by atoms with Gasteiger partial charge in [-0.25, -0.2) is 4.98 Å². The summed E-state index contributed by atoms with van der Waals surface area (Å²) in [6, 6.07) is 3.26. The third kappa shape index (κ3) is 3.00. The number of benzene rings is 1. The molecule has 1 atom stereocenters. The monoisotopic (exact) mass is 287 g/mol. The van der Waals surface area contributed by atoms with Crippen LogP contribution in [0.2, 0.25) is 10.0 Å². The third-order valence-electron chi connectivity index (χ3n) is 2.31. The lowest BCUT2D eigenvalue weighted by atomic mass is 10.3. The maximum absolute atomic E-state index is 9.21. The molecular formula is C11H11Cl2N3O2. The van der Waals surface area contributed by atoms with Crippen LogP contribution in [0.1, 0.15) is 0 Å². The molecule has 2 aromatic rings. The molecule has 1 aromatic heterocycles. The van der Waals surface area contributed by atoms with Crippen molar-refractivity contribution in [2.45, 2.75) is 6.10 Å². The summed E-state index contributed by atoms with van der Waals surface area (Å²) in [5, 5.41) is 21.6. The zero-order valence-electron chi connectivity index (χ0n) is 9.27. The molecule has 0 fully saturated rings. The van der Waals surface area contributed by atoms with Crippen molar-refractivity contribution in [3.05, 3.63) is 28.4 Å². The molecule has 0 bridgehead atoms. The maximum atomic E-state index is 9.21. The van der Waals surface area contributed by atoms with E-state index in [0.717, 1.165) is 0 Å². The Balaban J connectivity index is 2.24. The number of fused-ring (bicyclic) bond motifs is 1. The molecule has 5 nitrogen and oxygen atoms in total. The number of nitrogens with zero attached hydrogens (tertiary/aromatic N) is 2. The number of aliphatic hydroxyl groups excluding tert-OH is 2. The average molecular weight is 288 g/mol. The topological polar surface area (TPSA) is 78.3 Å². The summed E-state index contributed by atoms with van der Waals surface area (Å²) in [7, 11) is 0. The van der Waals surface area contributed by atoms with Crippen molar-refractivity contribution in [1.82, 2.24) is 9.97 Å². The van der Waals surface area contributed by atoms with Crippen LogP contribution in [-0.4, -0.2) is 39.4 Å². The fraction of sp³-hybridized carbons (Fsp3) is 0.273. The minimum absolute atomic E-state index is 0.192. The molecule has 0 amide bonds. The van der Waals surface area contributed by atoms with Crippen LogP contribution in [0.15, 0.2) is 18.3 Å². The summed E-state index contributed by atoms with van der Waals surface area (Å²) in [6.45, 7) is -0.118. The molecule has 0 aliphatic heterocycles. The SMILES string of the molecule is OC[C@H](O)CNc1cnc2cc(Cl)c(Cl)cc2n1. The van der Waals surface area contributed by atoms with Crippen LogP contribution in [0.4, 0.5) is 5.82 Å². The number of nitrogens with one attached hydrogen (secondary N) is 1. The van der Waals surface area contributed by atoms with Crippen LogP contribution in [0.5, 0.6) is 0 Å². The number of hydrogen-bond donors (Lipinski definition) is 3. The van der Waals surface area contributed by atoms with Gasteiger partial charge in [-0.15, -0.1) is 0 Å². The van der Waals surface area contributed by atoms with E-state index >= 15 is 0 Å². The predicted octanol–water partition coefficient (Wildman–Crippen LogP) is 1.70. The minimum atomic E-state index is -0.837. The highest BCUT2D eigenvalue weighted by molar-refractivity contribution is 6.42. The van der Waals surface area contributed by atoms with Gasteiger partial charge in [-0.1, -0.05) is 23.2 Å². The van der Waals surface area contributed by atoms with Gasteiger partial charge in [0.15, 0.2) is 0 Å². The van der Waals surface area contributed by atoms with Crippen molar-refractivity contribution in [1.29, 1.82) is 0 Å². The molecule has 2 rings (SSSR count). The summed E-state index contributed by atoms with van der Waals surface area (Å²) in [6.07, 6.45) is 0.688. The lowest BCUT2D eigenvalue weighted by molar-refractivity contribution is 0.105. The van der Waals surface area contributed by atoms with Gasteiger partial charge >= 0.3 is 0 Å². The number of halogens is 2. The number of hydrogen-bond acceptors (Lipinski definition) is 5. The van der Waals surface area contributed by atoms with E-state index < -0.39 is 6.10 Å². The van der Waals surface area contributed by atoms with E-state index in [-0.39, 0.29) is 13.2 Å². The summed E-state index contributed by atoms with van der Waals surface area (Å²) in [4.78, 5) is 8.45. The average Bonchev–Trinajstić information content (AvgIpc) is 2.37. The molecule has 1 aromatic carbocycles. The molecule has 96 valence electrons. The summed E-state index contributed by atoms with van der Waals surface area (Å²) in [5.41, 5.74) is 1.24. The number of rotatable bonds is 4. The van der Waals surface area contributed by atoms with Gasteiger partial charge in [-0.05, 0) is 12.1 Å². The molecule has 0 radical (unpaired) electrons. The second kappa shape index (κ2) is 5.67. The highest BCUT2D eigenvalue weighted by Gasteiger charge is 2.06. The van der Waals surface area contributed by atoms with Gasteiger partial charge in [-0.3, -0.25) is 4.98 Å². The Morgan fingerprint density at radius 2 is 1.89 bits per heavy atom. The Hall–Kier alpha value is -1.14. The smallest absolute Gasteiger partial charge is 0.145 e. The fourth-order valence-electron chi connectivity index (χ4n) is 1.38. The normalized spacial score (nSPS) is 12.7. The highest BCUT2D eigenvalue weighted by Crippen LogP contribution is 2.26. The van der Waals surface area contributed by atoms with Crippen molar-refractivity contribution in [3.8, 4) is 0 Å². The van der Waals surface area contributed by atoms with Gasteiger partial charge in [0.1, 0.15) is 5.82 Å². The standard InChI is InChI=1S/C11H11Cl2N3O2/c12-7-1-9-10(2-8(7)13)16-11(4-14-9)15-3-6(18)5-17/h1-2,4,6,17-18H,3,5H2,(H,15,16)/t6-/m1/s1. The van der Waals surface area contributed by atoms with Crippen molar-refractivity contribution in [2.24, 2.45) is 0 Å². The third-order valence-corrected chi connectivity index (χ3v) is 3.04. The molecule has 7 heteroatoms. The number of anilines is 1. The lowest BCUT2D eigenvalue weighted by Crippen LogP contribution is -2.23. The molecule has 1 heterocycles. The van der Waals surface area contributed by atoms with E-state index in [0.29, 0.717) is 26.9 Å². The Bertz CT molecular complexity index is 565. The summed E-state index contributed by atoms with van der Waals surface area (Å²) < 4.78 is 0. The van der Waals surface area contributed by atoms with Crippen LogP contribution in [-0.2, 0) is 0 Å². The Kier molecular flexibility index (Phi) is 4.19. The number of aliphatic hydroxyl groups is 2. The molecule has 18 heavy (non-hydrogen) atoms. The molecule has 0 unspecified atom stereocenters. The van der Waals surface area contributed by atoms with Crippen molar-refractivity contribution >= 4 is 40.1 Å². The van der Waals surface area contributed by atoms with Crippen LogP contribution in [0.3, 0.4) is 0 Å². The molecule has 3 N–H and O–H groups in total. The summed E-state index contributed by atoms with van der Waals surface area (Å²) in [5.74, 6) is 0.494. The maximum Gasteiger partial charge on any atom is 0.145 e. The first-order valence-electron chi connectivity index (χ1n) is 5.24. The molecule has 0 saturated carbocycles. The molecule has 0 saturated heterocycles. The predicted molar refractivity (Wildman–Crippen MR) is 71.1 cm³/mol. The second-order valence-corrected chi connectivity index (χ2v) is 4.54. The van der Waals surface area contributed by atoms with Gasteiger partial charge < -0.3 is 15.5 Å². The van der Waals surface area contributed by atoms with Crippen molar-refractivity contribution in [2.75, 3.05) is 18.5 Å². The van der Waals surface area contributed by atoms with Gasteiger partial charge in [0.2, 0.25) is 0 Å². The van der Waals surface area contributed by atoms with E-state index in [9.17, 15) is 5.11 Å². The molecule has 0 spiro atoms. The first-order valence-corrected chi connectivity index (χ1v) is 6.00. The van der Waals surface area contributed by atoms with E-state index in [2.05, 4.69) is 15.3 Å². The lowest BCUT2D eigenvalue weighted by Gasteiger charge is -2.09. The van der Waals surface area contributed by atoms with E-state index in [4.69, 9.17) is 28.3 Å². The van der Waals surface area contributed by atoms with E-state index in [1.807, 2.05) is 0 Å². The largest absolute Gasteiger partial charge is 0.394 e.